The zero-order chi connectivity index (χ0) is 21.7. The van der Waals surface area contributed by atoms with E-state index in [2.05, 4.69) is 86.3 Å². The Kier molecular flexibility index (Phi) is 20.2. The van der Waals surface area contributed by atoms with Crippen molar-refractivity contribution in [2.75, 3.05) is 46.6 Å². The molecular weight excluding hydrogens is 591 g/mol. The van der Waals surface area contributed by atoms with Gasteiger partial charge in [-0.3, -0.25) is 0 Å². The summed E-state index contributed by atoms with van der Waals surface area (Å²) in [5.74, 6) is 0. The zero-order valence-corrected chi connectivity index (χ0v) is 25.5. The predicted molar refractivity (Wildman–Crippen MR) is 133 cm³/mol. The van der Waals surface area contributed by atoms with Gasteiger partial charge in [0.1, 0.15) is 0 Å². The third kappa shape index (κ3) is 18.4. The van der Waals surface area contributed by atoms with Crippen LogP contribution in [0.25, 0.3) is 0 Å². The monoisotopic (exact) mass is 638 g/mol. The fourth-order valence-corrected chi connectivity index (χ4v) is 11.7. The molecule has 0 aliphatic heterocycles. The van der Waals surface area contributed by atoms with Crippen molar-refractivity contribution in [1.82, 2.24) is 9.80 Å². The van der Waals surface area contributed by atoms with Crippen molar-refractivity contribution in [3.63, 3.8) is 0 Å². The summed E-state index contributed by atoms with van der Waals surface area (Å²) in [5, 5.41) is 0. The molecular formula is C20H46Cl2N2OsP2. The molecule has 0 aliphatic carbocycles. The molecule has 0 aromatic heterocycles. The Bertz CT molecular complexity index is 372. The van der Waals surface area contributed by atoms with Gasteiger partial charge in [-0.1, -0.05) is 27.7 Å². The Balaban J connectivity index is 0. The standard InChI is InChI=1S/C10H24NP.C10H22NP.2ClH.Os/c2*1-9(2)12(10(3)4)8-7-11(5)6;;;/h9-10H,7-8H2,1-6H3;5,9-10H,7-8H2,1-4,6H3;2*1H;/q;;;;+2/p-2. The topological polar surface area (TPSA) is 6.48 Å². The first-order valence-electron chi connectivity index (χ1n) is 9.99. The fourth-order valence-electron chi connectivity index (χ4n) is 2.98. The molecule has 0 amide bonds. The summed E-state index contributed by atoms with van der Waals surface area (Å²) in [4.78, 5) is 4.47. The van der Waals surface area contributed by atoms with Gasteiger partial charge in [-0.15, -0.1) is 7.92 Å². The molecule has 0 heterocycles. The number of halogens is 2. The van der Waals surface area contributed by atoms with Crippen molar-refractivity contribution in [3.05, 3.63) is 0 Å². The number of nitrogens with zero attached hydrogens (tertiary/aromatic N) is 2. The molecule has 0 unspecified atom stereocenters. The molecule has 0 spiro atoms. The van der Waals surface area contributed by atoms with Crippen LogP contribution in [0.1, 0.15) is 55.4 Å². The predicted octanol–water partition coefficient (Wildman–Crippen LogP) is 6.75. The van der Waals surface area contributed by atoms with Gasteiger partial charge in [0, 0.05) is 6.54 Å². The summed E-state index contributed by atoms with van der Waals surface area (Å²) in [6, 6.07) is 0. The molecule has 0 rings (SSSR count). The molecule has 0 atom stereocenters. The normalized spacial score (nSPS) is 12.9. The summed E-state index contributed by atoms with van der Waals surface area (Å²) < 4.78 is 2.03. The second-order valence-electron chi connectivity index (χ2n) is 8.43. The quantitative estimate of drug-likeness (QED) is 0.232. The van der Waals surface area contributed by atoms with Crippen LogP contribution in [0.4, 0.5) is 0 Å². The summed E-state index contributed by atoms with van der Waals surface area (Å²) >= 11 is -1.91. The zero-order valence-electron chi connectivity index (χ0n) is 19.6. The third-order valence-electron chi connectivity index (χ3n) is 4.39. The van der Waals surface area contributed by atoms with Crippen LogP contribution in [0.2, 0.25) is 0 Å². The van der Waals surface area contributed by atoms with Crippen molar-refractivity contribution >= 4 is 39.8 Å². The van der Waals surface area contributed by atoms with Crippen LogP contribution in [0.5, 0.6) is 0 Å². The second-order valence-corrected chi connectivity index (χ2v) is 23.5. The molecule has 7 heteroatoms. The van der Waals surface area contributed by atoms with Crippen molar-refractivity contribution in [3.8, 4) is 0 Å². The SMILES string of the molecule is CC(C)P(CCN(C)C)C(C)C.CC(C)P(CCN(C)[CH]=[Os]([Cl])[Cl])C(C)C. The Labute approximate surface area is 187 Å². The summed E-state index contributed by atoms with van der Waals surface area (Å²) in [5.41, 5.74) is 3.41. The van der Waals surface area contributed by atoms with Crippen molar-refractivity contribution in [1.29, 1.82) is 0 Å². The fraction of sp³-hybridized carbons (Fsp3) is 0.950. The van der Waals surface area contributed by atoms with E-state index in [1.54, 1.807) is 0 Å². The van der Waals surface area contributed by atoms with Crippen LogP contribution in [-0.4, -0.2) is 83.7 Å². The van der Waals surface area contributed by atoms with Gasteiger partial charge >= 0.3 is 109 Å². The van der Waals surface area contributed by atoms with Gasteiger partial charge in [-0.25, -0.2) is 0 Å². The van der Waals surface area contributed by atoms with E-state index in [0.29, 0.717) is 0 Å². The van der Waals surface area contributed by atoms with E-state index < -0.39 is 13.8 Å². The maximum atomic E-state index is 5.86. The first-order chi connectivity index (χ1) is 12.3. The van der Waals surface area contributed by atoms with Gasteiger partial charge in [0.15, 0.2) is 0 Å². The van der Waals surface area contributed by atoms with Crippen LogP contribution < -0.4 is 0 Å². The molecule has 0 saturated carbocycles. The molecule has 27 heavy (non-hydrogen) atoms. The van der Waals surface area contributed by atoms with Crippen molar-refractivity contribution in [2.45, 2.75) is 78.0 Å². The minimum atomic E-state index is -1.91. The Morgan fingerprint density at radius 1 is 0.704 bits per heavy atom. The van der Waals surface area contributed by atoms with E-state index in [1.165, 1.54) is 18.9 Å². The average Bonchev–Trinajstić information content (AvgIpc) is 2.45. The van der Waals surface area contributed by atoms with Crippen LogP contribution in [0.3, 0.4) is 0 Å². The molecule has 0 bridgehead atoms. The van der Waals surface area contributed by atoms with Gasteiger partial charge in [0.05, 0.1) is 0 Å². The summed E-state index contributed by atoms with van der Waals surface area (Å²) in [6.45, 7) is 21.1. The summed E-state index contributed by atoms with van der Waals surface area (Å²) in [6.07, 6.45) is 2.69. The van der Waals surface area contributed by atoms with E-state index in [9.17, 15) is 0 Å². The number of hydrogen-bond acceptors (Lipinski definition) is 2. The Morgan fingerprint density at radius 3 is 1.30 bits per heavy atom. The van der Waals surface area contributed by atoms with E-state index in [0.717, 1.165) is 29.2 Å². The third-order valence-corrected chi connectivity index (χ3v) is 13.9. The second kappa shape index (κ2) is 17.5. The molecule has 0 fully saturated rings. The Morgan fingerprint density at radius 2 is 1.04 bits per heavy atom. The van der Waals surface area contributed by atoms with Crippen LogP contribution in [0.15, 0.2) is 0 Å². The average molecular weight is 638 g/mol. The van der Waals surface area contributed by atoms with Gasteiger partial charge in [0.2, 0.25) is 0 Å². The molecule has 168 valence electrons. The molecule has 0 radical (unpaired) electrons. The van der Waals surface area contributed by atoms with Crippen LogP contribution in [0, 0.1) is 0 Å². The molecule has 0 N–H and O–H groups in total. The van der Waals surface area contributed by atoms with E-state index >= 15 is 0 Å². The Hall–Kier alpha value is 1.87. The molecule has 2 nitrogen and oxygen atoms in total. The number of hydrogen-bond donors (Lipinski definition) is 0. The van der Waals surface area contributed by atoms with Crippen molar-refractivity contribution in [2.24, 2.45) is 0 Å². The van der Waals surface area contributed by atoms with Crippen LogP contribution in [-0.2, 0) is 13.8 Å². The van der Waals surface area contributed by atoms with Gasteiger partial charge in [-0.2, -0.15) is 0 Å². The van der Waals surface area contributed by atoms with Crippen LogP contribution >= 0.6 is 35.1 Å². The van der Waals surface area contributed by atoms with E-state index in [4.69, 9.17) is 19.3 Å². The van der Waals surface area contributed by atoms with Gasteiger partial charge < -0.3 is 4.90 Å². The first-order valence-corrected chi connectivity index (χ1v) is 21.1. The molecule has 0 aliphatic rings. The minimum absolute atomic E-state index is 0.136. The summed E-state index contributed by atoms with van der Waals surface area (Å²) in [7, 11) is 18.5. The number of rotatable bonds is 11. The molecule has 0 aromatic rings. The van der Waals surface area contributed by atoms with Gasteiger partial charge in [-0.05, 0) is 31.6 Å². The molecule has 0 saturated heterocycles. The molecule has 0 aromatic carbocycles. The maximum absolute atomic E-state index is 5.86. The van der Waals surface area contributed by atoms with Crippen molar-refractivity contribution < 1.29 is 13.8 Å². The van der Waals surface area contributed by atoms with Gasteiger partial charge in [0.25, 0.3) is 0 Å². The first kappa shape index (κ1) is 31.1. The van der Waals surface area contributed by atoms with E-state index in [1.807, 2.05) is 4.69 Å². The van der Waals surface area contributed by atoms with E-state index in [-0.39, 0.29) is 15.8 Å².